The number of carbonyl (C=O) groups is 1. The maximum Gasteiger partial charge on any atom is 0.226 e. The fraction of sp³-hybridized carbons (Fsp3) is 0.450. The summed E-state index contributed by atoms with van der Waals surface area (Å²) < 4.78 is 0. The van der Waals surface area contributed by atoms with Crippen LogP contribution >= 0.6 is 11.3 Å². The van der Waals surface area contributed by atoms with Gasteiger partial charge in [-0.2, -0.15) is 0 Å². The van der Waals surface area contributed by atoms with Crippen molar-refractivity contribution < 1.29 is 4.79 Å². The molecule has 1 amide bonds. The van der Waals surface area contributed by atoms with Crippen molar-refractivity contribution in [3.05, 3.63) is 57.8 Å². The number of hydrogen-bond acceptors (Lipinski definition) is 3. The lowest BCUT2D eigenvalue weighted by Gasteiger charge is -2.29. The van der Waals surface area contributed by atoms with Crippen LogP contribution in [-0.4, -0.2) is 30.4 Å². The van der Waals surface area contributed by atoms with E-state index in [0.717, 1.165) is 45.4 Å². The normalized spacial score (nSPS) is 15.4. The highest BCUT2D eigenvalue weighted by molar-refractivity contribution is 7.11. The number of thiophene rings is 1. The zero-order valence-corrected chi connectivity index (χ0v) is 15.1. The molecule has 4 heteroatoms. The van der Waals surface area contributed by atoms with Crippen LogP contribution in [0, 0.1) is 12.8 Å². The van der Waals surface area contributed by atoms with Gasteiger partial charge in [0.25, 0.3) is 0 Å². The Balaban J connectivity index is 1.68. The van der Waals surface area contributed by atoms with E-state index in [1.165, 1.54) is 15.3 Å². The zero-order valence-electron chi connectivity index (χ0n) is 14.3. The lowest BCUT2D eigenvalue weighted by atomic mass is 9.96. The van der Waals surface area contributed by atoms with Crippen molar-refractivity contribution in [1.29, 1.82) is 0 Å². The molecule has 0 unspecified atom stereocenters. The van der Waals surface area contributed by atoms with Crippen LogP contribution in [-0.2, 0) is 17.8 Å². The zero-order chi connectivity index (χ0) is 16.8. The van der Waals surface area contributed by atoms with E-state index in [-0.39, 0.29) is 5.92 Å². The van der Waals surface area contributed by atoms with Gasteiger partial charge in [0.1, 0.15) is 0 Å². The monoisotopic (exact) mass is 342 g/mol. The first-order chi connectivity index (χ1) is 11.7. The highest BCUT2D eigenvalue weighted by atomic mass is 32.1. The third-order valence-corrected chi connectivity index (χ3v) is 5.64. The van der Waals surface area contributed by atoms with Gasteiger partial charge in [-0.05, 0) is 57.0 Å². The highest BCUT2D eigenvalue weighted by Gasteiger charge is 2.26. The van der Waals surface area contributed by atoms with Crippen LogP contribution in [0.15, 0.2) is 42.5 Å². The Bertz CT molecular complexity index is 647. The van der Waals surface area contributed by atoms with Crippen LogP contribution in [0.3, 0.4) is 0 Å². The third-order valence-electron chi connectivity index (χ3n) is 4.66. The Morgan fingerprint density at radius 1 is 1.17 bits per heavy atom. The van der Waals surface area contributed by atoms with Gasteiger partial charge in [-0.1, -0.05) is 30.3 Å². The number of benzene rings is 1. The first-order valence-electron chi connectivity index (χ1n) is 8.81. The molecule has 128 valence electrons. The van der Waals surface area contributed by atoms with Gasteiger partial charge in [-0.25, -0.2) is 0 Å². The Morgan fingerprint density at radius 2 is 1.92 bits per heavy atom. The van der Waals surface area contributed by atoms with Gasteiger partial charge >= 0.3 is 0 Å². The molecule has 3 nitrogen and oxygen atoms in total. The van der Waals surface area contributed by atoms with Crippen molar-refractivity contribution >= 4 is 17.2 Å². The largest absolute Gasteiger partial charge is 0.337 e. The van der Waals surface area contributed by atoms with E-state index < -0.39 is 0 Å². The van der Waals surface area contributed by atoms with Crippen molar-refractivity contribution in [2.75, 3.05) is 19.6 Å². The van der Waals surface area contributed by atoms with E-state index in [0.29, 0.717) is 5.91 Å². The van der Waals surface area contributed by atoms with E-state index >= 15 is 0 Å². The van der Waals surface area contributed by atoms with Crippen LogP contribution in [0.25, 0.3) is 0 Å². The number of piperidine rings is 1. The summed E-state index contributed by atoms with van der Waals surface area (Å²) in [7, 11) is 0. The molecule has 24 heavy (non-hydrogen) atoms. The molecule has 0 saturated carbocycles. The average molecular weight is 343 g/mol. The first kappa shape index (κ1) is 17.2. The molecule has 2 heterocycles. The summed E-state index contributed by atoms with van der Waals surface area (Å²) in [6.45, 7) is 5.58. The number of amides is 1. The van der Waals surface area contributed by atoms with Gasteiger partial charge < -0.3 is 10.2 Å². The summed E-state index contributed by atoms with van der Waals surface area (Å²) in [5.74, 6) is 0.515. The van der Waals surface area contributed by atoms with Crippen LogP contribution in [0.4, 0.5) is 0 Å². The molecule has 0 atom stereocenters. The van der Waals surface area contributed by atoms with E-state index in [9.17, 15) is 4.79 Å². The average Bonchev–Trinajstić information content (AvgIpc) is 3.04. The maximum absolute atomic E-state index is 13.0. The fourth-order valence-corrected chi connectivity index (χ4v) is 4.17. The van der Waals surface area contributed by atoms with Crippen LogP contribution in [0.5, 0.6) is 0 Å². The van der Waals surface area contributed by atoms with Gasteiger partial charge in [0.15, 0.2) is 0 Å². The minimum atomic E-state index is 0.183. The number of nitrogens with zero attached hydrogens (tertiary/aromatic N) is 1. The van der Waals surface area contributed by atoms with E-state index in [4.69, 9.17) is 0 Å². The second-order valence-corrected chi connectivity index (χ2v) is 7.90. The Kier molecular flexibility index (Phi) is 6.05. The SMILES string of the molecule is Cc1ccc(CN(CCc2ccccc2)C(=O)C2CCNCC2)s1. The van der Waals surface area contributed by atoms with Crippen molar-refractivity contribution in [2.45, 2.75) is 32.7 Å². The van der Waals surface area contributed by atoms with Crippen LogP contribution < -0.4 is 5.32 Å². The standard InChI is InChI=1S/C20H26N2OS/c1-16-7-8-19(24-16)15-22(14-11-17-5-3-2-4-6-17)20(23)18-9-12-21-13-10-18/h2-8,18,21H,9-15H2,1H3. The summed E-state index contributed by atoms with van der Waals surface area (Å²) in [5, 5.41) is 3.35. The molecule has 0 spiro atoms. The first-order valence-corrected chi connectivity index (χ1v) is 9.63. The highest BCUT2D eigenvalue weighted by Crippen LogP contribution is 2.21. The quantitative estimate of drug-likeness (QED) is 0.869. The Hall–Kier alpha value is -1.65. The van der Waals surface area contributed by atoms with E-state index in [2.05, 4.69) is 53.5 Å². The van der Waals surface area contributed by atoms with Crippen molar-refractivity contribution in [1.82, 2.24) is 10.2 Å². The molecule has 1 aliphatic rings. The number of aryl methyl sites for hydroxylation is 1. The molecular weight excluding hydrogens is 316 g/mol. The lowest BCUT2D eigenvalue weighted by molar-refractivity contribution is -0.137. The lowest BCUT2D eigenvalue weighted by Crippen LogP contribution is -2.41. The van der Waals surface area contributed by atoms with Gasteiger partial charge in [0.05, 0.1) is 6.54 Å². The van der Waals surface area contributed by atoms with Gasteiger partial charge in [0, 0.05) is 22.2 Å². The second kappa shape index (κ2) is 8.45. The molecule has 0 aliphatic carbocycles. The van der Waals surface area contributed by atoms with Crippen LogP contribution in [0.2, 0.25) is 0 Å². The van der Waals surface area contributed by atoms with Gasteiger partial charge in [-0.15, -0.1) is 11.3 Å². The van der Waals surface area contributed by atoms with Crippen molar-refractivity contribution in [3.8, 4) is 0 Å². The summed E-state index contributed by atoms with van der Waals surface area (Å²) in [4.78, 5) is 17.7. The number of nitrogens with one attached hydrogen (secondary N) is 1. The molecule has 3 rings (SSSR count). The van der Waals surface area contributed by atoms with E-state index in [1.807, 2.05) is 6.07 Å². The van der Waals surface area contributed by atoms with Gasteiger partial charge in [0.2, 0.25) is 5.91 Å². The topological polar surface area (TPSA) is 32.3 Å². The molecule has 1 aromatic heterocycles. The molecule has 0 radical (unpaired) electrons. The Morgan fingerprint density at radius 3 is 2.58 bits per heavy atom. The maximum atomic E-state index is 13.0. The second-order valence-electron chi connectivity index (χ2n) is 6.53. The molecule has 1 N–H and O–H groups in total. The molecule has 1 aliphatic heterocycles. The summed E-state index contributed by atoms with van der Waals surface area (Å²) >= 11 is 1.80. The summed E-state index contributed by atoms with van der Waals surface area (Å²) in [6, 6.07) is 14.8. The smallest absolute Gasteiger partial charge is 0.226 e. The van der Waals surface area contributed by atoms with Crippen LogP contribution in [0.1, 0.15) is 28.2 Å². The van der Waals surface area contributed by atoms with Crippen molar-refractivity contribution in [2.24, 2.45) is 5.92 Å². The Labute approximate surface area is 148 Å². The molecule has 2 aromatic rings. The molecule has 1 fully saturated rings. The molecule has 1 aromatic carbocycles. The summed E-state index contributed by atoms with van der Waals surface area (Å²) in [6.07, 6.45) is 2.84. The van der Waals surface area contributed by atoms with Crippen molar-refractivity contribution in [3.63, 3.8) is 0 Å². The molecular formula is C20H26N2OS. The minimum Gasteiger partial charge on any atom is -0.337 e. The predicted molar refractivity (Wildman–Crippen MR) is 100 cm³/mol. The number of rotatable bonds is 6. The summed E-state index contributed by atoms with van der Waals surface area (Å²) in [5.41, 5.74) is 1.29. The molecule has 0 bridgehead atoms. The fourth-order valence-electron chi connectivity index (χ4n) is 3.26. The number of carbonyl (C=O) groups excluding carboxylic acids is 1. The predicted octanol–water partition coefficient (Wildman–Crippen LogP) is 3.63. The number of hydrogen-bond donors (Lipinski definition) is 1. The van der Waals surface area contributed by atoms with Gasteiger partial charge in [-0.3, -0.25) is 4.79 Å². The third kappa shape index (κ3) is 4.68. The minimum absolute atomic E-state index is 0.183. The van der Waals surface area contributed by atoms with E-state index in [1.54, 1.807) is 11.3 Å². The molecule has 1 saturated heterocycles.